The summed E-state index contributed by atoms with van der Waals surface area (Å²) in [6.07, 6.45) is 4.05. The lowest BCUT2D eigenvalue weighted by Gasteiger charge is -2.39. The lowest BCUT2D eigenvalue weighted by molar-refractivity contribution is 0.126. The highest BCUT2D eigenvalue weighted by Gasteiger charge is 2.40. The van der Waals surface area contributed by atoms with Gasteiger partial charge in [0.15, 0.2) is 11.5 Å². The van der Waals surface area contributed by atoms with E-state index in [9.17, 15) is 5.11 Å². The van der Waals surface area contributed by atoms with E-state index in [4.69, 9.17) is 9.47 Å². The highest BCUT2D eigenvalue weighted by molar-refractivity contribution is 5.59. The minimum Gasteiger partial charge on any atom is -0.486 e. The van der Waals surface area contributed by atoms with Crippen LogP contribution in [0.25, 0.3) is 0 Å². The molecule has 1 N–H and O–H groups in total. The first-order chi connectivity index (χ1) is 9.31. The summed E-state index contributed by atoms with van der Waals surface area (Å²) in [5, 5.41) is 9.88. The van der Waals surface area contributed by atoms with E-state index in [-0.39, 0.29) is 6.10 Å². The average molecular weight is 261 g/mol. The Morgan fingerprint density at radius 2 is 1.68 bits per heavy atom. The molecule has 0 radical (unpaired) electrons. The molecule has 19 heavy (non-hydrogen) atoms. The van der Waals surface area contributed by atoms with Crippen molar-refractivity contribution >= 4 is 5.69 Å². The zero-order valence-electron chi connectivity index (χ0n) is 10.9. The Morgan fingerprint density at radius 1 is 1.00 bits per heavy atom. The lowest BCUT2D eigenvalue weighted by Crippen LogP contribution is -2.44. The van der Waals surface area contributed by atoms with Crippen molar-refractivity contribution < 1.29 is 14.6 Å². The molecule has 4 nitrogen and oxygen atoms in total. The van der Waals surface area contributed by atoms with Gasteiger partial charge < -0.3 is 19.5 Å². The van der Waals surface area contributed by atoms with Crippen LogP contribution in [0, 0.1) is 0 Å². The average Bonchev–Trinajstić information content (AvgIpc) is 2.70. The molecular formula is C15H19NO3. The molecule has 2 fully saturated rings. The third-order valence-corrected chi connectivity index (χ3v) is 4.53. The maximum Gasteiger partial charge on any atom is 0.163 e. The Kier molecular flexibility index (Phi) is 2.58. The number of ether oxygens (including phenoxy) is 2. The van der Waals surface area contributed by atoms with Gasteiger partial charge in [-0.15, -0.1) is 0 Å². The van der Waals surface area contributed by atoms with Gasteiger partial charge in [0.25, 0.3) is 0 Å². The van der Waals surface area contributed by atoms with E-state index in [0.29, 0.717) is 25.3 Å². The highest BCUT2D eigenvalue weighted by atomic mass is 16.6. The molecule has 1 aromatic rings. The van der Waals surface area contributed by atoms with Crippen LogP contribution in [0.4, 0.5) is 5.69 Å². The van der Waals surface area contributed by atoms with Crippen molar-refractivity contribution in [2.45, 2.75) is 43.9 Å². The molecule has 4 heteroatoms. The van der Waals surface area contributed by atoms with Crippen LogP contribution >= 0.6 is 0 Å². The topological polar surface area (TPSA) is 41.9 Å². The Balaban J connectivity index is 1.66. The molecule has 0 aliphatic carbocycles. The van der Waals surface area contributed by atoms with E-state index in [1.165, 1.54) is 18.5 Å². The van der Waals surface area contributed by atoms with E-state index in [1.54, 1.807) is 0 Å². The summed E-state index contributed by atoms with van der Waals surface area (Å²) in [5.74, 6) is 1.70. The zero-order chi connectivity index (χ0) is 12.8. The normalized spacial score (nSPS) is 32.5. The molecular weight excluding hydrogens is 242 g/mol. The van der Waals surface area contributed by atoms with Crippen molar-refractivity contribution in [3.8, 4) is 11.5 Å². The number of nitrogens with zero attached hydrogens (tertiary/aromatic N) is 1. The smallest absolute Gasteiger partial charge is 0.163 e. The van der Waals surface area contributed by atoms with Crippen molar-refractivity contribution in [2.24, 2.45) is 0 Å². The minimum absolute atomic E-state index is 0.119. The second kappa shape index (κ2) is 4.30. The summed E-state index contributed by atoms with van der Waals surface area (Å²) >= 11 is 0. The van der Waals surface area contributed by atoms with Gasteiger partial charge in [-0.25, -0.2) is 0 Å². The molecule has 2 atom stereocenters. The van der Waals surface area contributed by atoms with Crippen molar-refractivity contribution in [2.75, 3.05) is 18.1 Å². The minimum atomic E-state index is -0.119. The summed E-state index contributed by atoms with van der Waals surface area (Å²) < 4.78 is 11.2. The summed E-state index contributed by atoms with van der Waals surface area (Å²) in [6, 6.07) is 7.19. The fourth-order valence-corrected chi connectivity index (χ4v) is 3.76. The molecule has 2 saturated heterocycles. The lowest BCUT2D eigenvalue weighted by atomic mass is 9.99. The number of rotatable bonds is 1. The highest BCUT2D eigenvalue weighted by Crippen LogP contribution is 2.42. The molecule has 2 bridgehead atoms. The second-order valence-electron chi connectivity index (χ2n) is 5.75. The van der Waals surface area contributed by atoms with Crippen molar-refractivity contribution in [3.05, 3.63) is 18.2 Å². The maximum atomic E-state index is 9.88. The monoisotopic (exact) mass is 261 g/mol. The van der Waals surface area contributed by atoms with Gasteiger partial charge in [-0.05, 0) is 37.8 Å². The van der Waals surface area contributed by atoms with Crippen molar-refractivity contribution in [1.29, 1.82) is 0 Å². The van der Waals surface area contributed by atoms with E-state index < -0.39 is 0 Å². The standard InChI is InChI=1S/C15H19NO3/c17-13-7-10-1-2-11(8-13)16(10)12-3-4-14-15(9-12)19-6-5-18-14/h3-4,9-11,13,17H,1-2,5-8H2. The molecule has 0 spiro atoms. The number of hydrogen-bond donors (Lipinski definition) is 1. The molecule has 0 aromatic heterocycles. The number of hydrogen-bond acceptors (Lipinski definition) is 4. The predicted molar refractivity (Wildman–Crippen MR) is 72.0 cm³/mol. The molecule has 2 unspecified atom stereocenters. The molecule has 3 aliphatic rings. The largest absolute Gasteiger partial charge is 0.486 e. The number of piperidine rings is 1. The fraction of sp³-hybridized carbons (Fsp3) is 0.600. The Labute approximate surface area is 112 Å². The van der Waals surface area contributed by atoms with Crippen LogP contribution in [0.15, 0.2) is 18.2 Å². The van der Waals surface area contributed by atoms with Gasteiger partial charge in [0, 0.05) is 23.8 Å². The second-order valence-corrected chi connectivity index (χ2v) is 5.75. The third-order valence-electron chi connectivity index (χ3n) is 4.53. The van der Waals surface area contributed by atoms with E-state index in [2.05, 4.69) is 17.0 Å². The molecule has 4 rings (SSSR count). The summed E-state index contributed by atoms with van der Waals surface area (Å²) in [7, 11) is 0. The van der Waals surface area contributed by atoms with Crippen molar-refractivity contribution in [1.82, 2.24) is 0 Å². The van der Waals surface area contributed by atoms with E-state index in [0.717, 1.165) is 24.3 Å². The SMILES string of the molecule is OC1CC2CCC(C1)N2c1ccc2c(c1)OCCO2. The molecule has 3 aliphatic heterocycles. The van der Waals surface area contributed by atoms with Crippen LogP contribution < -0.4 is 14.4 Å². The summed E-state index contributed by atoms with van der Waals surface area (Å²) in [4.78, 5) is 2.48. The Bertz CT molecular complexity index is 476. The maximum absolute atomic E-state index is 9.88. The molecule has 3 heterocycles. The summed E-state index contributed by atoms with van der Waals surface area (Å²) in [5.41, 5.74) is 1.21. The number of benzene rings is 1. The molecule has 1 aromatic carbocycles. The number of aliphatic hydroxyl groups excluding tert-OH is 1. The van der Waals surface area contributed by atoms with Gasteiger partial charge in [-0.2, -0.15) is 0 Å². The summed E-state index contributed by atoms with van der Waals surface area (Å²) in [6.45, 7) is 1.26. The molecule has 102 valence electrons. The van der Waals surface area contributed by atoms with Crippen LogP contribution in [0.3, 0.4) is 0 Å². The first-order valence-electron chi connectivity index (χ1n) is 7.17. The molecule has 0 saturated carbocycles. The van der Waals surface area contributed by atoms with E-state index in [1.807, 2.05) is 6.07 Å². The quantitative estimate of drug-likeness (QED) is 0.839. The van der Waals surface area contributed by atoms with Crippen LogP contribution in [0.2, 0.25) is 0 Å². The third kappa shape index (κ3) is 1.86. The zero-order valence-corrected chi connectivity index (χ0v) is 10.9. The first kappa shape index (κ1) is 11.4. The molecule has 0 amide bonds. The Morgan fingerprint density at radius 3 is 2.42 bits per heavy atom. The van der Waals surface area contributed by atoms with E-state index >= 15 is 0 Å². The predicted octanol–water partition coefficient (Wildman–Crippen LogP) is 1.95. The van der Waals surface area contributed by atoms with Crippen LogP contribution in [-0.2, 0) is 0 Å². The Hall–Kier alpha value is -1.42. The first-order valence-corrected chi connectivity index (χ1v) is 7.17. The van der Waals surface area contributed by atoms with Gasteiger partial charge in [0.05, 0.1) is 6.10 Å². The van der Waals surface area contributed by atoms with Crippen LogP contribution in [-0.4, -0.2) is 36.5 Å². The number of fused-ring (bicyclic) bond motifs is 3. The fourth-order valence-electron chi connectivity index (χ4n) is 3.76. The van der Waals surface area contributed by atoms with Gasteiger partial charge in [-0.3, -0.25) is 0 Å². The van der Waals surface area contributed by atoms with Gasteiger partial charge >= 0.3 is 0 Å². The van der Waals surface area contributed by atoms with Gasteiger partial charge in [0.1, 0.15) is 13.2 Å². The van der Waals surface area contributed by atoms with Crippen LogP contribution in [0.1, 0.15) is 25.7 Å². The van der Waals surface area contributed by atoms with Crippen molar-refractivity contribution in [3.63, 3.8) is 0 Å². The van der Waals surface area contributed by atoms with Gasteiger partial charge in [-0.1, -0.05) is 0 Å². The number of aliphatic hydroxyl groups is 1. The van der Waals surface area contributed by atoms with Crippen LogP contribution in [0.5, 0.6) is 11.5 Å². The van der Waals surface area contributed by atoms with Gasteiger partial charge in [0.2, 0.25) is 0 Å². The number of anilines is 1.